The highest BCUT2D eigenvalue weighted by molar-refractivity contribution is 5.74. The molecule has 0 saturated carbocycles. The molecule has 2 aromatic rings. The number of carbonyl (C=O) groups excluding carboxylic acids is 1. The summed E-state index contributed by atoms with van der Waals surface area (Å²) >= 11 is 0. The predicted molar refractivity (Wildman–Crippen MR) is 132 cm³/mol. The third-order valence-electron chi connectivity index (χ3n) is 6.82. The van der Waals surface area contributed by atoms with Crippen molar-refractivity contribution < 1.29 is 14.3 Å². The molecule has 0 aliphatic carbocycles. The molecule has 2 aliphatic heterocycles. The Balaban J connectivity index is 1.28. The zero-order valence-electron chi connectivity index (χ0n) is 20.6. The molecule has 1 aromatic heterocycles. The molecule has 2 fully saturated rings. The van der Waals surface area contributed by atoms with Crippen LogP contribution in [0.15, 0.2) is 36.5 Å². The molecule has 2 saturated heterocycles. The van der Waals surface area contributed by atoms with Crippen LogP contribution in [0.1, 0.15) is 50.5 Å². The van der Waals surface area contributed by atoms with Gasteiger partial charge in [-0.05, 0) is 56.4 Å². The number of nitrogens with zero attached hydrogens (tertiary/aromatic N) is 4. The number of aromatic nitrogens is 2. The Bertz CT molecular complexity index is 932. The summed E-state index contributed by atoms with van der Waals surface area (Å²) in [4.78, 5) is 25.4. The van der Waals surface area contributed by atoms with Crippen LogP contribution in [-0.2, 0) is 11.2 Å². The molecule has 4 rings (SSSR count). The third kappa shape index (κ3) is 6.38. The van der Waals surface area contributed by atoms with E-state index >= 15 is 0 Å². The van der Waals surface area contributed by atoms with Crippen LogP contribution in [-0.4, -0.2) is 66.9 Å². The second kappa shape index (κ2) is 11.5. The van der Waals surface area contributed by atoms with Crippen molar-refractivity contribution >= 4 is 11.8 Å². The Morgan fingerprint density at radius 3 is 2.74 bits per heavy atom. The average molecular weight is 468 g/mol. The monoisotopic (exact) mass is 467 g/mol. The fourth-order valence-electron chi connectivity index (χ4n) is 4.45. The van der Waals surface area contributed by atoms with Gasteiger partial charge in [0.2, 0.25) is 0 Å². The van der Waals surface area contributed by atoms with Gasteiger partial charge in [-0.3, -0.25) is 0 Å². The Hall–Kier alpha value is -2.87. The number of amides is 2. The number of hydrogen-bond donors (Lipinski definition) is 1. The van der Waals surface area contributed by atoms with Crippen LogP contribution < -0.4 is 15.0 Å². The number of anilines is 1. The van der Waals surface area contributed by atoms with E-state index in [0.29, 0.717) is 12.5 Å². The number of urea groups is 1. The first-order chi connectivity index (χ1) is 16.5. The highest BCUT2D eigenvalue weighted by atomic mass is 16.5. The van der Waals surface area contributed by atoms with Crippen molar-refractivity contribution in [3.8, 4) is 5.75 Å². The minimum Gasteiger partial charge on any atom is -0.489 e. The standard InChI is InChI=1S/C26H37N5O3/c1-4-30(3)26(32)28-19(2)21-5-7-22(8-6-21)34-23-10-14-31(18-23)25-9-13-27-24(29-25)17-20-11-15-33-16-12-20/h5-9,13,19-20,23H,4,10-12,14-18H2,1-3H3,(H,28,32)/t19-,23+/m0/s1. The molecule has 2 aliphatic rings. The van der Waals surface area contributed by atoms with Crippen molar-refractivity contribution in [2.75, 3.05) is 44.8 Å². The zero-order chi connectivity index (χ0) is 23.9. The summed E-state index contributed by atoms with van der Waals surface area (Å²) in [6.45, 7) is 8.05. The van der Waals surface area contributed by atoms with Gasteiger partial charge in [0, 0.05) is 52.4 Å². The molecule has 1 aromatic carbocycles. The first kappa shape index (κ1) is 24.3. The lowest BCUT2D eigenvalue weighted by atomic mass is 9.96. The minimum atomic E-state index is -0.0676. The number of nitrogens with one attached hydrogen (secondary N) is 1. The Labute approximate surface area is 202 Å². The Morgan fingerprint density at radius 1 is 1.24 bits per heavy atom. The summed E-state index contributed by atoms with van der Waals surface area (Å²) in [5.41, 5.74) is 1.05. The molecule has 3 heterocycles. The van der Waals surface area contributed by atoms with Crippen molar-refractivity contribution in [1.82, 2.24) is 20.2 Å². The SMILES string of the molecule is CCN(C)C(=O)N[C@@H](C)c1ccc(O[C@@H]2CCN(c3ccnc(CC4CCOCC4)n3)C2)cc1. The maximum atomic E-state index is 12.1. The maximum absolute atomic E-state index is 12.1. The van der Waals surface area contributed by atoms with Crippen LogP contribution in [0.3, 0.4) is 0 Å². The number of rotatable bonds is 8. The summed E-state index contributed by atoms with van der Waals surface area (Å²) < 4.78 is 11.7. The van der Waals surface area contributed by atoms with Gasteiger partial charge in [0.1, 0.15) is 23.5 Å². The quantitative estimate of drug-likeness (QED) is 0.636. The van der Waals surface area contributed by atoms with Crippen molar-refractivity contribution in [2.45, 2.75) is 51.7 Å². The fraction of sp³-hybridized carbons (Fsp3) is 0.577. The molecule has 2 atom stereocenters. The third-order valence-corrected chi connectivity index (χ3v) is 6.82. The molecule has 2 amide bonds. The van der Waals surface area contributed by atoms with E-state index in [9.17, 15) is 4.79 Å². The van der Waals surface area contributed by atoms with E-state index in [1.807, 2.05) is 50.4 Å². The summed E-state index contributed by atoms with van der Waals surface area (Å²) in [6, 6.07) is 9.88. The van der Waals surface area contributed by atoms with Crippen LogP contribution in [0.5, 0.6) is 5.75 Å². The number of carbonyl (C=O) groups is 1. The van der Waals surface area contributed by atoms with Crippen LogP contribution in [0, 0.1) is 5.92 Å². The summed E-state index contributed by atoms with van der Waals surface area (Å²) in [5.74, 6) is 3.38. The molecule has 8 nitrogen and oxygen atoms in total. The van der Waals surface area contributed by atoms with E-state index in [2.05, 4.69) is 15.2 Å². The lowest BCUT2D eigenvalue weighted by Gasteiger charge is -2.22. The first-order valence-electron chi connectivity index (χ1n) is 12.4. The molecule has 8 heteroatoms. The average Bonchev–Trinajstić information content (AvgIpc) is 3.33. The topological polar surface area (TPSA) is 79.8 Å². The summed E-state index contributed by atoms with van der Waals surface area (Å²) in [6.07, 6.45) is 6.05. The molecule has 1 N–H and O–H groups in total. The van der Waals surface area contributed by atoms with Crippen molar-refractivity contribution in [3.63, 3.8) is 0 Å². The molecule has 0 unspecified atom stereocenters. The van der Waals surface area contributed by atoms with Crippen LogP contribution in [0.2, 0.25) is 0 Å². The van der Waals surface area contributed by atoms with Crippen molar-refractivity contribution in [2.24, 2.45) is 5.92 Å². The molecule has 0 spiro atoms. The minimum absolute atomic E-state index is 0.0642. The molecule has 0 bridgehead atoms. The summed E-state index contributed by atoms with van der Waals surface area (Å²) in [5, 5.41) is 3.01. The highest BCUT2D eigenvalue weighted by Gasteiger charge is 2.26. The largest absolute Gasteiger partial charge is 0.489 e. The van der Waals surface area contributed by atoms with Gasteiger partial charge >= 0.3 is 6.03 Å². The number of hydrogen-bond acceptors (Lipinski definition) is 6. The van der Waals surface area contributed by atoms with E-state index in [0.717, 1.165) is 74.9 Å². The normalized spacial score (nSPS) is 19.6. The van der Waals surface area contributed by atoms with Gasteiger partial charge in [-0.25, -0.2) is 14.8 Å². The Kier molecular flexibility index (Phi) is 8.21. The fourth-order valence-corrected chi connectivity index (χ4v) is 4.45. The van der Waals surface area contributed by atoms with Gasteiger partial charge in [0.05, 0.1) is 12.6 Å². The smallest absolute Gasteiger partial charge is 0.317 e. The molecule has 184 valence electrons. The van der Waals surface area contributed by atoms with Gasteiger partial charge in [-0.15, -0.1) is 0 Å². The van der Waals surface area contributed by atoms with Crippen molar-refractivity contribution in [1.29, 1.82) is 0 Å². The van der Waals surface area contributed by atoms with Gasteiger partial charge in [-0.1, -0.05) is 12.1 Å². The van der Waals surface area contributed by atoms with Gasteiger partial charge in [0.25, 0.3) is 0 Å². The predicted octanol–water partition coefficient (Wildman–Crippen LogP) is 3.83. The molecular weight excluding hydrogens is 430 g/mol. The van der Waals surface area contributed by atoms with Crippen LogP contribution in [0.4, 0.5) is 10.6 Å². The second-order valence-electron chi connectivity index (χ2n) is 9.32. The highest BCUT2D eigenvalue weighted by Crippen LogP contribution is 2.25. The Morgan fingerprint density at radius 2 is 2.00 bits per heavy atom. The van der Waals surface area contributed by atoms with E-state index in [1.54, 1.807) is 11.9 Å². The molecule has 0 radical (unpaired) electrons. The second-order valence-corrected chi connectivity index (χ2v) is 9.32. The van der Waals surface area contributed by atoms with Gasteiger partial charge in [-0.2, -0.15) is 0 Å². The zero-order valence-corrected chi connectivity index (χ0v) is 20.6. The van der Waals surface area contributed by atoms with Gasteiger partial charge < -0.3 is 24.6 Å². The van der Waals surface area contributed by atoms with E-state index in [4.69, 9.17) is 14.5 Å². The van der Waals surface area contributed by atoms with E-state index in [-0.39, 0.29) is 18.2 Å². The molecule has 34 heavy (non-hydrogen) atoms. The van der Waals surface area contributed by atoms with Gasteiger partial charge in [0.15, 0.2) is 0 Å². The number of ether oxygens (including phenoxy) is 2. The maximum Gasteiger partial charge on any atom is 0.317 e. The van der Waals surface area contributed by atoms with Crippen molar-refractivity contribution in [3.05, 3.63) is 47.9 Å². The van der Waals surface area contributed by atoms with E-state index < -0.39 is 0 Å². The first-order valence-corrected chi connectivity index (χ1v) is 12.4. The van der Waals surface area contributed by atoms with Crippen LogP contribution >= 0.6 is 0 Å². The summed E-state index contributed by atoms with van der Waals surface area (Å²) in [7, 11) is 1.79. The van der Waals surface area contributed by atoms with E-state index in [1.165, 1.54) is 0 Å². The number of benzene rings is 1. The lowest BCUT2D eigenvalue weighted by Crippen LogP contribution is -2.38. The lowest BCUT2D eigenvalue weighted by molar-refractivity contribution is 0.0660. The molecular formula is C26H37N5O3. The van der Waals surface area contributed by atoms with Crippen LogP contribution in [0.25, 0.3) is 0 Å².